The molecule has 6 nitrogen and oxygen atoms in total. The van der Waals surface area contributed by atoms with E-state index in [1.807, 2.05) is 5.32 Å². The highest BCUT2D eigenvalue weighted by molar-refractivity contribution is 5.91. The molecule has 0 aliphatic carbocycles. The molecular formula is C7H9F2N3O3. The molecule has 0 unspecified atom stereocenters. The van der Waals surface area contributed by atoms with Crippen LogP contribution >= 0.6 is 0 Å². The number of aliphatic hydroxyl groups is 1. The second kappa shape index (κ2) is 4.22. The molecule has 0 spiro atoms. The van der Waals surface area contributed by atoms with Gasteiger partial charge in [-0.05, 0) is 0 Å². The van der Waals surface area contributed by atoms with Gasteiger partial charge in [-0.25, -0.2) is 13.6 Å². The van der Waals surface area contributed by atoms with Crippen LogP contribution in [0.25, 0.3) is 0 Å². The highest BCUT2D eigenvalue weighted by atomic mass is 19.3. The van der Waals surface area contributed by atoms with E-state index in [0.29, 0.717) is 0 Å². The summed E-state index contributed by atoms with van der Waals surface area (Å²) in [5, 5.41) is 10.1. The molecule has 1 rings (SSSR count). The minimum absolute atomic E-state index is 0.145. The van der Waals surface area contributed by atoms with E-state index >= 15 is 0 Å². The molecule has 0 aliphatic rings. The first-order valence-electron chi connectivity index (χ1n) is 3.99. The lowest BCUT2D eigenvalue weighted by Crippen LogP contribution is -2.39. The van der Waals surface area contributed by atoms with Gasteiger partial charge in [0.05, 0.1) is 6.54 Å². The van der Waals surface area contributed by atoms with E-state index in [1.54, 1.807) is 0 Å². The molecule has 0 radical (unpaired) electrons. The molecule has 1 heterocycles. The van der Waals surface area contributed by atoms with Crippen LogP contribution < -0.4 is 11.0 Å². The van der Waals surface area contributed by atoms with Crippen LogP contribution in [-0.2, 0) is 0 Å². The summed E-state index contributed by atoms with van der Waals surface area (Å²) in [6.07, 6.45) is 1.06. The van der Waals surface area contributed by atoms with Gasteiger partial charge in [-0.2, -0.15) is 0 Å². The first-order valence-corrected chi connectivity index (χ1v) is 3.99. The monoisotopic (exact) mass is 221 g/mol. The number of H-pyrrole nitrogens is 2. The Morgan fingerprint density at radius 1 is 1.60 bits per heavy atom. The molecule has 0 saturated heterocycles. The summed E-state index contributed by atoms with van der Waals surface area (Å²) in [4.78, 5) is 25.9. The fourth-order valence-corrected chi connectivity index (χ4v) is 0.815. The van der Waals surface area contributed by atoms with Crippen molar-refractivity contribution < 1.29 is 18.7 Å². The van der Waals surface area contributed by atoms with Gasteiger partial charge >= 0.3 is 5.69 Å². The number of carbonyl (C=O) groups is 1. The van der Waals surface area contributed by atoms with Crippen LogP contribution in [0.2, 0.25) is 0 Å². The van der Waals surface area contributed by atoms with Crippen LogP contribution in [0.15, 0.2) is 11.0 Å². The summed E-state index contributed by atoms with van der Waals surface area (Å²) in [6.45, 7) is -2.34. The van der Waals surface area contributed by atoms with Crippen LogP contribution in [-0.4, -0.2) is 40.1 Å². The Labute approximate surface area is 82.3 Å². The number of imidazole rings is 1. The number of amides is 1. The number of carbonyl (C=O) groups excluding carboxylic acids is 1. The summed E-state index contributed by atoms with van der Waals surface area (Å²) >= 11 is 0. The van der Waals surface area contributed by atoms with E-state index < -0.39 is 30.7 Å². The maximum absolute atomic E-state index is 12.5. The third kappa shape index (κ3) is 3.17. The van der Waals surface area contributed by atoms with Gasteiger partial charge in [-0.15, -0.1) is 0 Å². The topological polar surface area (TPSA) is 98.0 Å². The second-order valence-corrected chi connectivity index (χ2v) is 2.85. The number of nitrogens with one attached hydrogen (secondary N) is 3. The molecular weight excluding hydrogens is 212 g/mol. The molecule has 0 aliphatic heterocycles. The van der Waals surface area contributed by atoms with Crippen molar-refractivity contribution in [1.29, 1.82) is 0 Å². The molecule has 0 fully saturated rings. The van der Waals surface area contributed by atoms with Crippen LogP contribution in [0.4, 0.5) is 8.78 Å². The van der Waals surface area contributed by atoms with Gasteiger partial charge in [0, 0.05) is 6.20 Å². The third-order valence-electron chi connectivity index (χ3n) is 1.58. The third-order valence-corrected chi connectivity index (χ3v) is 1.58. The van der Waals surface area contributed by atoms with Crippen LogP contribution in [0.1, 0.15) is 10.5 Å². The standard InChI is InChI=1S/C7H9F2N3O3/c8-7(9,3-13)2-11-5(14)4-1-10-6(15)12-4/h1,13H,2-3H2,(H,11,14)(H2,10,12,15). The SMILES string of the molecule is O=C(NCC(F)(F)CO)c1c[nH]c(=O)[nH]1. The maximum Gasteiger partial charge on any atom is 0.323 e. The van der Waals surface area contributed by atoms with E-state index in [4.69, 9.17) is 5.11 Å². The summed E-state index contributed by atoms with van der Waals surface area (Å²) in [7, 11) is 0. The highest BCUT2D eigenvalue weighted by Gasteiger charge is 2.28. The van der Waals surface area contributed by atoms with Crippen molar-refractivity contribution >= 4 is 5.91 Å². The van der Waals surface area contributed by atoms with Crippen molar-refractivity contribution in [3.8, 4) is 0 Å². The molecule has 0 saturated carbocycles. The average Bonchev–Trinajstić information content (AvgIpc) is 2.61. The molecule has 1 aromatic heterocycles. The van der Waals surface area contributed by atoms with Crippen molar-refractivity contribution in [1.82, 2.24) is 15.3 Å². The highest BCUT2D eigenvalue weighted by Crippen LogP contribution is 2.09. The van der Waals surface area contributed by atoms with Crippen LogP contribution in [0.3, 0.4) is 0 Å². The van der Waals surface area contributed by atoms with Crippen molar-refractivity contribution in [2.75, 3.05) is 13.2 Å². The number of hydrogen-bond donors (Lipinski definition) is 4. The zero-order valence-electron chi connectivity index (χ0n) is 7.51. The predicted octanol–water partition coefficient (Wildman–Crippen LogP) is -0.940. The minimum atomic E-state index is -3.37. The van der Waals surface area contributed by atoms with Gasteiger partial charge < -0.3 is 20.4 Å². The Hall–Kier alpha value is -1.70. The number of aromatic amines is 2. The number of rotatable bonds is 4. The first-order chi connectivity index (χ1) is 6.94. The lowest BCUT2D eigenvalue weighted by atomic mass is 10.3. The van der Waals surface area contributed by atoms with Gasteiger partial charge in [0.2, 0.25) is 0 Å². The van der Waals surface area contributed by atoms with Crippen molar-refractivity contribution in [2.24, 2.45) is 0 Å². The first kappa shape index (κ1) is 11.4. The predicted molar refractivity (Wildman–Crippen MR) is 45.8 cm³/mol. The smallest absolute Gasteiger partial charge is 0.323 e. The van der Waals surface area contributed by atoms with Gasteiger partial charge in [0.25, 0.3) is 11.8 Å². The normalized spacial score (nSPS) is 11.4. The molecule has 0 atom stereocenters. The zero-order valence-corrected chi connectivity index (χ0v) is 7.51. The Bertz CT molecular complexity index is 398. The van der Waals surface area contributed by atoms with E-state index in [2.05, 4.69) is 9.97 Å². The number of aliphatic hydroxyl groups excluding tert-OH is 1. The number of hydrogen-bond acceptors (Lipinski definition) is 3. The van der Waals surface area contributed by atoms with E-state index in [1.165, 1.54) is 0 Å². The summed E-state index contributed by atoms with van der Waals surface area (Å²) < 4.78 is 25.0. The van der Waals surface area contributed by atoms with Crippen molar-refractivity contribution in [3.05, 3.63) is 22.4 Å². The largest absolute Gasteiger partial charge is 0.390 e. The fraction of sp³-hybridized carbons (Fsp3) is 0.429. The van der Waals surface area contributed by atoms with Gasteiger partial charge in [0.15, 0.2) is 0 Å². The van der Waals surface area contributed by atoms with Crippen LogP contribution in [0.5, 0.6) is 0 Å². The average molecular weight is 221 g/mol. The molecule has 1 amide bonds. The quantitative estimate of drug-likeness (QED) is 0.528. The summed E-state index contributed by atoms with van der Waals surface area (Å²) in [6, 6.07) is 0. The molecule has 0 bridgehead atoms. The van der Waals surface area contributed by atoms with Gasteiger partial charge in [-0.1, -0.05) is 0 Å². The fourth-order valence-electron chi connectivity index (χ4n) is 0.815. The van der Waals surface area contributed by atoms with Gasteiger partial charge in [0.1, 0.15) is 12.3 Å². The Kier molecular flexibility index (Phi) is 3.20. The van der Waals surface area contributed by atoms with E-state index in [-0.39, 0.29) is 5.69 Å². The molecule has 4 N–H and O–H groups in total. The van der Waals surface area contributed by atoms with Crippen molar-refractivity contribution in [3.63, 3.8) is 0 Å². The van der Waals surface area contributed by atoms with Crippen LogP contribution in [0, 0.1) is 0 Å². The summed E-state index contributed by atoms with van der Waals surface area (Å²) in [5.41, 5.74) is -0.747. The maximum atomic E-state index is 12.5. The van der Waals surface area contributed by atoms with E-state index in [0.717, 1.165) is 6.20 Å². The lowest BCUT2D eigenvalue weighted by molar-refractivity contribution is -0.0462. The zero-order chi connectivity index (χ0) is 11.5. The molecule has 84 valence electrons. The Morgan fingerprint density at radius 2 is 2.27 bits per heavy atom. The number of aromatic nitrogens is 2. The molecule has 15 heavy (non-hydrogen) atoms. The Balaban J connectivity index is 2.54. The summed E-state index contributed by atoms with van der Waals surface area (Å²) in [5.74, 6) is -4.21. The second-order valence-electron chi connectivity index (χ2n) is 2.85. The molecule has 0 aromatic carbocycles. The number of alkyl halides is 2. The number of halogens is 2. The molecule has 8 heteroatoms. The van der Waals surface area contributed by atoms with E-state index in [9.17, 15) is 18.4 Å². The molecule has 1 aromatic rings. The Morgan fingerprint density at radius 3 is 2.73 bits per heavy atom. The van der Waals surface area contributed by atoms with Gasteiger partial charge in [-0.3, -0.25) is 4.79 Å². The minimum Gasteiger partial charge on any atom is -0.390 e. The van der Waals surface area contributed by atoms with Crippen molar-refractivity contribution in [2.45, 2.75) is 5.92 Å². The lowest BCUT2D eigenvalue weighted by Gasteiger charge is -2.13.